The predicted molar refractivity (Wildman–Crippen MR) is 86.8 cm³/mol. The van der Waals surface area contributed by atoms with Crippen LogP contribution in [0.3, 0.4) is 0 Å². The first kappa shape index (κ1) is 18.2. The average molecular weight is 315 g/mol. The molecule has 1 aromatic heterocycles. The fourth-order valence-electron chi connectivity index (χ4n) is 2.19. The van der Waals surface area contributed by atoms with E-state index >= 15 is 0 Å². The van der Waals surface area contributed by atoms with Gasteiger partial charge in [-0.15, -0.1) is 0 Å². The normalized spacial score (nSPS) is 12.0. The summed E-state index contributed by atoms with van der Waals surface area (Å²) in [5.74, 6) is 0. The van der Waals surface area contributed by atoms with E-state index in [1.54, 1.807) is 12.3 Å². The molecule has 1 heterocycles. The minimum Gasteiger partial charge on any atom is -0.349 e. The molecule has 0 fully saturated rings. The predicted octanol–water partition coefficient (Wildman–Crippen LogP) is 2.48. The third-order valence-corrected chi connectivity index (χ3v) is 4.79. The van der Waals surface area contributed by atoms with Gasteiger partial charge < -0.3 is 9.88 Å². The molecule has 0 unspecified atom stereocenters. The van der Waals surface area contributed by atoms with E-state index in [-0.39, 0.29) is 0 Å². The fourth-order valence-corrected chi connectivity index (χ4v) is 3.32. The van der Waals surface area contributed by atoms with E-state index in [4.69, 9.17) is 0 Å². The van der Waals surface area contributed by atoms with Crippen molar-refractivity contribution in [2.75, 3.05) is 13.1 Å². The number of unbranched alkanes of at least 4 members (excludes halogenated alkanes) is 2. The molecule has 0 spiro atoms. The lowest BCUT2D eigenvalue weighted by Crippen LogP contribution is -2.24. The number of sulfonamides is 1. The monoisotopic (exact) mass is 315 g/mol. The molecular weight excluding hydrogens is 286 g/mol. The topological polar surface area (TPSA) is 63.1 Å². The summed E-state index contributed by atoms with van der Waals surface area (Å²) in [4.78, 5) is 0.375. The van der Waals surface area contributed by atoms with E-state index in [1.165, 1.54) is 0 Å². The van der Waals surface area contributed by atoms with Crippen LogP contribution in [0.5, 0.6) is 0 Å². The second kappa shape index (κ2) is 9.23. The molecule has 0 radical (unpaired) electrons. The highest BCUT2D eigenvalue weighted by atomic mass is 32.2. The van der Waals surface area contributed by atoms with E-state index in [2.05, 4.69) is 23.9 Å². The van der Waals surface area contributed by atoms with Gasteiger partial charge in [-0.3, -0.25) is 0 Å². The molecule has 1 aromatic rings. The van der Waals surface area contributed by atoms with Crippen LogP contribution in [0.1, 0.15) is 52.1 Å². The lowest BCUT2D eigenvalue weighted by atomic mass is 10.3. The van der Waals surface area contributed by atoms with Crippen LogP contribution in [0.15, 0.2) is 17.2 Å². The van der Waals surface area contributed by atoms with Crippen molar-refractivity contribution in [1.82, 2.24) is 14.6 Å². The van der Waals surface area contributed by atoms with Gasteiger partial charge in [0.15, 0.2) is 0 Å². The maximum absolute atomic E-state index is 12.3. The van der Waals surface area contributed by atoms with Gasteiger partial charge in [0.2, 0.25) is 10.0 Å². The molecule has 21 heavy (non-hydrogen) atoms. The van der Waals surface area contributed by atoms with Crippen molar-refractivity contribution in [3.8, 4) is 0 Å². The molecular formula is C15H29N3O2S. The zero-order chi connectivity index (χ0) is 15.7. The van der Waals surface area contributed by atoms with Crippen molar-refractivity contribution in [2.45, 2.75) is 64.4 Å². The molecule has 0 aromatic carbocycles. The van der Waals surface area contributed by atoms with E-state index < -0.39 is 10.0 Å². The Labute approximate surface area is 129 Å². The Morgan fingerprint density at radius 1 is 1.14 bits per heavy atom. The van der Waals surface area contributed by atoms with E-state index in [0.29, 0.717) is 18.0 Å². The maximum Gasteiger partial charge on any atom is 0.242 e. The number of aryl methyl sites for hydroxylation is 1. The van der Waals surface area contributed by atoms with Crippen LogP contribution >= 0.6 is 0 Å². The Morgan fingerprint density at radius 2 is 1.90 bits per heavy atom. The molecule has 2 N–H and O–H groups in total. The molecule has 0 amide bonds. The van der Waals surface area contributed by atoms with Gasteiger partial charge in [-0.25, -0.2) is 13.1 Å². The summed E-state index contributed by atoms with van der Waals surface area (Å²) >= 11 is 0. The van der Waals surface area contributed by atoms with Crippen LogP contribution in [-0.2, 0) is 23.1 Å². The SMILES string of the molecule is CCCCCNS(=O)(=O)c1cc(CNCC)n(CCC)c1. The highest BCUT2D eigenvalue weighted by Crippen LogP contribution is 2.15. The smallest absolute Gasteiger partial charge is 0.242 e. The second-order valence-electron chi connectivity index (χ2n) is 5.25. The number of hydrogen-bond donors (Lipinski definition) is 2. The molecule has 1 rings (SSSR count). The Balaban J connectivity index is 2.80. The van der Waals surface area contributed by atoms with Crippen molar-refractivity contribution in [3.05, 3.63) is 18.0 Å². The minimum atomic E-state index is -3.38. The zero-order valence-electron chi connectivity index (χ0n) is 13.5. The Hall–Kier alpha value is -0.850. The van der Waals surface area contributed by atoms with Gasteiger partial charge in [0.25, 0.3) is 0 Å². The Bertz CT molecular complexity index is 509. The average Bonchev–Trinajstić information content (AvgIpc) is 2.86. The third-order valence-electron chi connectivity index (χ3n) is 3.36. The zero-order valence-corrected chi connectivity index (χ0v) is 14.3. The summed E-state index contributed by atoms with van der Waals surface area (Å²) in [5, 5.41) is 3.25. The summed E-state index contributed by atoms with van der Waals surface area (Å²) in [5.41, 5.74) is 1.02. The van der Waals surface area contributed by atoms with Crippen LogP contribution in [0.4, 0.5) is 0 Å². The fraction of sp³-hybridized carbons (Fsp3) is 0.733. The van der Waals surface area contributed by atoms with Crippen molar-refractivity contribution in [1.29, 1.82) is 0 Å². The number of aromatic nitrogens is 1. The van der Waals surface area contributed by atoms with Crippen molar-refractivity contribution in [2.24, 2.45) is 0 Å². The number of hydrogen-bond acceptors (Lipinski definition) is 3. The molecule has 5 nitrogen and oxygen atoms in total. The van der Waals surface area contributed by atoms with E-state index in [1.807, 2.05) is 11.5 Å². The molecule has 0 saturated carbocycles. The summed E-state index contributed by atoms with van der Waals surface area (Å²) in [7, 11) is -3.38. The van der Waals surface area contributed by atoms with Gasteiger partial charge in [-0.05, 0) is 25.5 Å². The number of nitrogens with zero attached hydrogens (tertiary/aromatic N) is 1. The highest BCUT2D eigenvalue weighted by molar-refractivity contribution is 7.89. The highest BCUT2D eigenvalue weighted by Gasteiger charge is 2.17. The van der Waals surface area contributed by atoms with Gasteiger partial charge in [-0.1, -0.05) is 33.6 Å². The van der Waals surface area contributed by atoms with Crippen molar-refractivity contribution >= 4 is 10.0 Å². The van der Waals surface area contributed by atoms with Gasteiger partial charge in [0, 0.05) is 31.5 Å². The van der Waals surface area contributed by atoms with Crippen LogP contribution < -0.4 is 10.0 Å². The first-order valence-electron chi connectivity index (χ1n) is 7.94. The number of nitrogens with one attached hydrogen (secondary N) is 2. The Kier molecular flexibility index (Phi) is 8.00. The maximum atomic E-state index is 12.3. The van der Waals surface area contributed by atoms with Gasteiger partial charge >= 0.3 is 0 Å². The molecule has 6 heteroatoms. The van der Waals surface area contributed by atoms with Crippen LogP contribution in [0.2, 0.25) is 0 Å². The summed E-state index contributed by atoms with van der Waals surface area (Å²) in [6.45, 7) is 9.15. The standard InChI is InChI=1S/C15H29N3O2S/c1-4-7-8-9-17-21(19,20)15-11-14(12-16-6-3)18(13-15)10-5-2/h11,13,16-17H,4-10,12H2,1-3H3. The lowest BCUT2D eigenvalue weighted by Gasteiger charge is -2.07. The minimum absolute atomic E-state index is 0.375. The number of rotatable bonds is 11. The van der Waals surface area contributed by atoms with Crippen LogP contribution in [0, 0.1) is 0 Å². The molecule has 0 aliphatic carbocycles. The summed E-state index contributed by atoms with van der Waals surface area (Å²) in [6, 6.07) is 1.78. The second-order valence-corrected chi connectivity index (χ2v) is 7.01. The molecule has 122 valence electrons. The van der Waals surface area contributed by atoms with Gasteiger partial charge in [-0.2, -0.15) is 0 Å². The molecule has 0 atom stereocenters. The Morgan fingerprint density at radius 3 is 2.52 bits per heavy atom. The van der Waals surface area contributed by atoms with Gasteiger partial charge in [0.05, 0.1) is 4.90 Å². The van der Waals surface area contributed by atoms with Gasteiger partial charge in [0.1, 0.15) is 0 Å². The van der Waals surface area contributed by atoms with E-state index in [9.17, 15) is 8.42 Å². The largest absolute Gasteiger partial charge is 0.349 e. The first-order valence-corrected chi connectivity index (χ1v) is 9.42. The summed E-state index contributed by atoms with van der Waals surface area (Å²) in [6.07, 6.45) is 5.75. The molecule has 0 aliphatic heterocycles. The molecule has 0 aliphatic rings. The first-order chi connectivity index (χ1) is 10.0. The molecule has 0 saturated heterocycles. The summed E-state index contributed by atoms with van der Waals surface area (Å²) < 4.78 is 29.3. The lowest BCUT2D eigenvalue weighted by molar-refractivity contribution is 0.575. The van der Waals surface area contributed by atoms with Crippen LogP contribution in [0.25, 0.3) is 0 Å². The van der Waals surface area contributed by atoms with Crippen molar-refractivity contribution < 1.29 is 8.42 Å². The van der Waals surface area contributed by atoms with Crippen molar-refractivity contribution in [3.63, 3.8) is 0 Å². The third kappa shape index (κ3) is 5.80. The quantitative estimate of drug-likeness (QED) is 0.617. The van der Waals surface area contributed by atoms with Crippen LogP contribution in [-0.4, -0.2) is 26.1 Å². The molecule has 0 bridgehead atoms. The van der Waals surface area contributed by atoms with E-state index in [0.717, 1.165) is 44.5 Å².